The molecule has 0 unspecified atom stereocenters. The molecule has 0 aliphatic heterocycles. The molecule has 0 radical (unpaired) electrons. The van der Waals surface area contributed by atoms with Crippen molar-refractivity contribution in [1.29, 1.82) is 0 Å². The molecule has 1 aromatic rings. The highest BCUT2D eigenvalue weighted by molar-refractivity contribution is 14.1. The third-order valence-corrected chi connectivity index (χ3v) is 2.90. The maximum absolute atomic E-state index is 9.73. The van der Waals surface area contributed by atoms with Crippen LogP contribution < -0.4 is 5.73 Å². The molecule has 1 aromatic carbocycles. The molecule has 14 heavy (non-hydrogen) atoms. The number of hydrogen-bond acceptors (Lipinski definition) is 2. The van der Waals surface area contributed by atoms with Crippen LogP contribution in [0.3, 0.4) is 0 Å². The smallest absolute Gasteiger partial charge is 0.0732 e. The van der Waals surface area contributed by atoms with Gasteiger partial charge in [-0.2, -0.15) is 0 Å². The molecule has 78 valence electrons. The van der Waals surface area contributed by atoms with Crippen molar-refractivity contribution in [2.75, 3.05) is 0 Å². The topological polar surface area (TPSA) is 46.2 Å². The average molecular weight is 305 g/mol. The number of halogens is 1. The zero-order chi connectivity index (χ0) is 10.6. The van der Waals surface area contributed by atoms with E-state index in [1.165, 1.54) is 0 Å². The monoisotopic (exact) mass is 305 g/mol. The van der Waals surface area contributed by atoms with Gasteiger partial charge in [0.05, 0.1) is 12.1 Å². The van der Waals surface area contributed by atoms with E-state index in [4.69, 9.17) is 5.73 Å². The van der Waals surface area contributed by atoms with Gasteiger partial charge in [-0.3, -0.25) is 0 Å². The fourth-order valence-electron chi connectivity index (χ4n) is 1.41. The van der Waals surface area contributed by atoms with Crippen molar-refractivity contribution in [2.24, 2.45) is 5.73 Å². The van der Waals surface area contributed by atoms with Crippen molar-refractivity contribution in [1.82, 2.24) is 0 Å². The summed E-state index contributed by atoms with van der Waals surface area (Å²) in [4.78, 5) is 0. The predicted octanol–water partition coefficient (Wildman–Crippen LogP) is 2.45. The zero-order valence-electron chi connectivity index (χ0n) is 8.28. The molecule has 0 aliphatic carbocycles. The lowest BCUT2D eigenvalue weighted by atomic mass is 9.99. The fraction of sp³-hybridized carbons (Fsp3) is 0.455. The quantitative estimate of drug-likeness (QED) is 0.839. The number of nitrogens with two attached hydrogens (primary N) is 1. The molecule has 0 aliphatic rings. The molecule has 0 bridgehead atoms. The minimum atomic E-state index is -0.432. The van der Waals surface area contributed by atoms with Crippen molar-refractivity contribution in [3.63, 3.8) is 0 Å². The molecule has 3 heteroatoms. The van der Waals surface area contributed by atoms with Gasteiger partial charge in [-0.05, 0) is 46.7 Å². The van der Waals surface area contributed by atoms with Gasteiger partial charge in [0.15, 0.2) is 0 Å². The van der Waals surface area contributed by atoms with Crippen LogP contribution in [0, 0.1) is 3.57 Å². The fourth-order valence-corrected chi connectivity index (χ4v) is 1.98. The van der Waals surface area contributed by atoms with Gasteiger partial charge in [0.1, 0.15) is 0 Å². The minimum absolute atomic E-state index is 0.260. The SMILES string of the molecule is CCC[C@H](O)[C@H](N)c1cccc(I)c1. The molecule has 2 nitrogen and oxygen atoms in total. The summed E-state index contributed by atoms with van der Waals surface area (Å²) in [5.41, 5.74) is 6.95. The Morgan fingerprint density at radius 3 is 2.79 bits per heavy atom. The Hall–Kier alpha value is -0.130. The van der Waals surface area contributed by atoms with Crippen LogP contribution in [0.1, 0.15) is 31.4 Å². The number of hydrogen-bond donors (Lipinski definition) is 2. The number of aliphatic hydroxyl groups is 1. The van der Waals surface area contributed by atoms with Gasteiger partial charge < -0.3 is 10.8 Å². The molecule has 0 saturated heterocycles. The van der Waals surface area contributed by atoms with Crippen LogP contribution in [0.15, 0.2) is 24.3 Å². The van der Waals surface area contributed by atoms with Gasteiger partial charge in [-0.25, -0.2) is 0 Å². The molecule has 3 N–H and O–H groups in total. The van der Waals surface area contributed by atoms with E-state index in [1.807, 2.05) is 31.2 Å². The molecule has 0 heterocycles. The van der Waals surface area contributed by atoms with Crippen LogP contribution in [0.25, 0.3) is 0 Å². The molecule has 0 fully saturated rings. The molecule has 2 atom stereocenters. The van der Waals surface area contributed by atoms with Crippen LogP contribution in [-0.2, 0) is 0 Å². The summed E-state index contributed by atoms with van der Waals surface area (Å²) in [6, 6.07) is 7.71. The highest BCUT2D eigenvalue weighted by Crippen LogP contribution is 2.19. The maximum atomic E-state index is 9.73. The van der Waals surface area contributed by atoms with Crippen LogP contribution >= 0.6 is 22.6 Å². The second-order valence-corrected chi connectivity index (χ2v) is 4.68. The molecule has 1 rings (SSSR count). The average Bonchev–Trinajstić information content (AvgIpc) is 2.17. The number of benzene rings is 1. The first kappa shape index (κ1) is 11.9. The van der Waals surface area contributed by atoms with Crippen molar-refractivity contribution < 1.29 is 5.11 Å². The largest absolute Gasteiger partial charge is 0.391 e. The summed E-state index contributed by atoms with van der Waals surface area (Å²) >= 11 is 2.25. The van der Waals surface area contributed by atoms with Crippen LogP contribution in [-0.4, -0.2) is 11.2 Å². The Morgan fingerprint density at radius 2 is 2.21 bits per heavy atom. The van der Waals surface area contributed by atoms with Crippen LogP contribution in [0.5, 0.6) is 0 Å². The highest BCUT2D eigenvalue weighted by atomic mass is 127. The van der Waals surface area contributed by atoms with E-state index in [-0.39, 0.29) is 6.04 Å². The summed E-state index contributed by atoms with van der Waals surface area (Å²) in [7, 11) is 0. The number of aliphatic hydroxyl groups excluding tert-OH is 1. The summed E-state index contributed by atoms with van der Waals surface area (Å²) in [5.74, 6) is 0. The Labute approximate surface area is 98.7 Å². The van der Waals surface area contributed by atoms with Gasteiger partial charge in [-0.15, -0.1) is 0 Å². The second kappa shape index (κ2) is 5.68. The third kappa shape index (κ3) is 3.22. The van der Waals surface area contributed by atoms with Gasteiger partial charge in [0.2, 0.25) is 0 Å². The van der Waals surface area contributed by atoms with Crippen LogP contribution in [0.2, 0.25) is 0 Å². The van der Waals surface area contributed by atoms with Crippen molar-refractivity contribution in [3.05, 3.63) is 33.4 Å². The zero-order valence-corrected chi connectivity index (χ0v) is 10.4. The van der Waals surface area contributed by atoms with E-state index >= 15 is 0 Å². The van der Waals surface area contributed by atoms with E-state index in [0.717, 1.165) is 22.0 Å². The number of rotatable bonds is 4. The molecule has 0 amide bonds. The standard InChI is InChI=1S/C11H16INO/c1-2-4-10(14)11(13)8-5-3-6-9(12)7-8/h3,5-7,10-11,14H,2,4,13H2,1H3/t10-,11+/m0/s1. The lowest BCUT2D eigenvalue weighted by Crippen LogP contribution is -2.25. The Bertz CT molecular complexity index is 290. The predicted molar refractivity (Wildman–Crippen MR) is 67.0 cm³/mol. The summed E-state index contributed by atoms with van der Waals surface area (Å²) < 4.78 is 1.15. The van der Waals surface area contributed by atoms with Crippen LogP contribution in [0.4, 0.5) is 0 Å². The first-order valence-electron chi connectivity index (χ1n) is 4.84. The Kier molecular flexibility index (Phi) is 4.84. The van der Waals surface area contributed by atoms with E-state index in [0.29, 0.717) is 0 Å². The first-order valence-corrected chi connectivity index (χ1v) is 5.92. The first-order chi connectivity index (χ1) is 6.65. The van der Waals surface area contributed by atoms with Gasteiger partial charge >= 0.3 is 0 Å². The van der Waals surface area contributed by atoms with Crippen molar-refractivity contribution in [3.8, 4) is 0 Å². The molecule has 0 saturated carbocycles. The highest BCUT2D eigenvalue weighted by Gasteiger charge is 2.15. The lowest BCUT2D eigenvalue weighted by Gasteiger charge is -2.18. The summed E-state index contributed by atoms with van der Waals surface area (Å²) in [6.45, 7) is 2.05. The van der Waals surface area contributed by atoms with Gasteiger partial charge in [0, 0.05) is 3.57 Å². The van der Waals surface area contributed by atoms with Gasteiger partial charge in [-0.1, -0.05) is 25.5 Å². The van der Waals surface area contributed by atoms with E-state index in [1.54, 1.807) is 0 Å². The Morgan fingerprint density at radius 1 is 1.50 bits per heavy atom. The molecule has 0 aromatic heterocycles. The molecular weight excluding hydrogens is 289 g/mol. The second-order valence-electron chi connectivity index (χ2n) is 3.44. The minimum Gasteiger partial charge on any atom is -0.391 e. The van der Waals surface area contributed by atoms with E-state index < -0.39 is 6.10 Å². The molecular formula is C11H16INO. The summed E-state index contributed by atoms with van der Waals surface area (Å²) in [5, 5.41) is 9.73. The molecule has 0 spiro atoms. The third-order valence-electron chi connectivity index (χ3n) is 2.23. The van der Waals surface area contributed by atoms with Gasteiger partial charge in [0.25, 0.3) is 0 Å². The van der Waals surface area contributed by atoms with Crippen molar-refractivity contribution in [2.45, 2.75) is 31.9 Å². The lowest BCUT2D eigenvalue weighted by molar-refractivity contribution is 0.134. The van der Waals surface area contributed by atoms with E-state index in [9.17, 15) is 5.11 Å². The van der Waals surface area contributed by atoms with Crippen molar-refractivity contribution >= 4 is 22.6 Å². The Balaban J connectivity index is 2.73. The van der Waals surface area contributed by atoms with E-state index in [2.05, 4.69) is 22.6 Å². The maximum Gasteiger partial charge on any atom is 0.0732 e. The normalized spacial score (nSPS) is 15.1. The summed E-state index contributed by atoms with van der Waals surface area (Å²) in [6.07, 6.45) is 1.28.